The first-order valence-electron chi connectivity index (χ1n) is 10.3. The minimum absolute atomic E-state index is 0.145. The van der Waals surface area contributed by atoms with Gasteiger partial charge in [0.05, 0.1) is 18.6 Å². The van der Waals surface area contributed by atoms with Gasteiger partial charge in [0.2, 0.25) is 0 Å². The van der Waals surface area contributed by atoms with Crippen LogP contribution in [0.3, 0.4) is 0 Å². The van der Waals surface area contributed by atoms with E-state index in [9.17, 15) is 13.2 Å². The number of thiophene rings is 1. The lowest BCUT2D eigenvalue weighted by Crippen LogP contribution is -2.29. The average molecular weight is 495 g/mol. The fourth-order valence-electron chi connectivity index (χ4n) is 2.99. The molecule has 0 atom stereocenters. The van der Waals surface area contributed by atoms with Crippen LogP contribution in [0.5, 0.6) is 11.5 Å². The van der Waals surface area contributed by atoms with Crippen LogP contribution in [0.15, 0.2) is 49.2 Å². The van der Waals surface area contributed by atoms with Crippen molar-refractivity contribution in [3.05, 3.63) is 46.2 Å². The number of nitrogens with zero attached hydrogens (tertiary/aromatic N) is 2. The first-order chi connectivity index (χ1) is 15.4. The molecule has 1 fully saturated rings. The van der Waals surface area contributed by atoms with Gasteiger partial charge < -0.3 is 9.47 Å². The lowest BCUT2D eigenvalue weighted by Gasteiger charge is -2.12. The van der Waals surface area contributed by atoms with Crippen LogP contribution in [0.4, 0.5) is 0 Å². The van der Waals surface area contributed by atoms with Crippen molar-refractivity contribution < 1.29 is 22.7 Å². The minimum Gasteiger partial charge on any atom is -0.493 e. The number of amidine groups is 1. The molecule has 0 radical (unpaired) electrons. The van der Waals surface area contributed by atoms with Gasteiger partial charge in [0.1, 0.15) is 4.21 Å². The van der Waals surface area contributed by atoms with Gasteiger partial charge in [-0.15, -0.1) is 15.7 Å². The highest BCUT2D eigenvalue weighted by Gasteiger charge is 2.34. The number of carbonyl (C=O) groups is 1. The fraction of sp³-hybridized carbons (Fsp3) is 0.364. The van der Waals surface area contributed by atoms with E-state index < -0.39 is 10.0 Å². The number of amides is 1. The molecule has 3 rings (SSSR count). The maximum absolute atomic E-state index is 12.9. The molecule has 1 aliphatic heterocycles. The number of methoxy groups -OCH3 is 1. The van der Waals surface area contributed by atoms with E-state index in [0.717, 1.165) is 47.9 Å². The number of hydrogen-bond acceptors (Lipinski definition) is 7. The number of benzene rings is 1. The Labute approximate surface area is 197 Å². The van der Waals surface area contributed by atoms with Gasteiger partial charge in [-0.1, -0.05) is 31.9 Å². The first-order valence-corrected chi connectivity index (χ1v) is 13.4. The normalized spacial score (nSPS) is 16.8. The van der Waals surface area contributed by atoms with Crippen molar-refractivity contribution >= 4 is 50.3 Å². The number of sulfonamides is 1. The predicted molar refractivity (Wildman–Crippen MR) is 130 cm³/mol. The second-order valence-corrected chi connectivity index (χ2v) is 10.7. The maximum atomic E-state index is 12.9. The van der Waals surface area contributed by atoms with Crippen molar-refractivity contribution in [2.24, 2.45) is 4.40 Å². The standard InChI is InChI=1S/C22H26N2O5S3/c1-4-6-7-12-29-18-14-16(10-11-17(18)28-3)15-19-21(25)24(5-2)22(31-19)23-32(26,27)20-9-8-13-30-20/h8-11,13-15H,4-7,12H2,1-3H3/b19-15-,23-22?. The highest BCUT2D eigenvalue weighted by atomic mass is 32.2. The summed E-state index contributed by atoms with van der Waals surface area (Å²) in [6.45, 7) is 4.81. The van der Waals surface area contributed by atoms with Gasteiger partial charge in [-0.2, -0.15) is 8.42 Å². The number of carbonyl (C=O) groups excluding carboxylic acids is 1. The molecule has 0 spiro atoms. The van der Waals surface area contributed by atoms with E-state index in [4.69, 9.17) is 9.47 Å². The zero-order valence-corrected chi connectivity index (χ0v) is 20.7. The second kappa shape index (κ2) is 11.0. The molecule has 1 saturated heterocycles. The molecule has 172 valence electrons. The molecule has 0 N–H and O–H groups in total. The van der Waals surface area contributed by atoms with Crippen molar-refractivity contribution in [3.8, 4) is 11.5 Å². The van der Waals surface area contributed by atoms with Crippen molar-refractivity contribution in [1.29, 1.82) is 0 Å². The summed E-state index contributed by atoms with van der Waals surface area (Å²) in [5, 5.41) is 1.83. The van der Waals surface area contributed by atoms with Crippen molar-refractivity contribution in [2.45, 2.75) is 37.3 Å². The van der Waals surface area contributed by atoms with Crippen molar-refractivity contribution in [2.75, 3.05) is 20.3 Å². The highest BCUT2D eigenvalue weighted by Crippen LogP contribution is 2.35. The molecule has 0 aliphatic carbocycles. The Balaban J connectivity index is 1.87. The van der Waals surface area contributed by atoms with E-state index >= 15 is 0 Å². The van der Waals surface area contributed by atoms with Crippen LogP contribution in [-0.4, -0.2) is 44.7 Å². The smallest absolute Gasteiger partial charge is 0.294 e. The van der Waals surface area contributed by atoms with Crippen LogP contribution in [-0.2, 0) is 14.8 Å². The Kier molecular flexibility index (Phi) is 8.38. The minimum atomic E-state index is -3.87. The van der Waals surface area contributed by atoms with Crippen LogP contribution in [0.25, 0.3) is 6.08 Å². The number of rotatable bonds is 10. The molecule has 0 saturated carbocycles. The van der Waals surface area contributed by atoms with Gasteiger partial charge >= 0.3 is 0 Å². The van der Waals surface area contributed by atoms with E-state index in [0.29, 0.717) is 29.6 Å². The summed E-state index contributed by atoms with van der Waals surface area (Å²) in [7, 11) is -2.28. The summed E-state index contributed by atoms with van der Waals surface area (Å²) in [6.07, 6.45) is 4.85. The largest absolute Gasteiger partial charge is 0.493 e. The number of ether oxygens (including phenoxy) is 2. The third kappa shape index (κ3) is 5.73. The summed E-state index contributed by atoms with van der Waals surface area (Å²) in [4.78, 5) is 14.6. The molecule has 32 heavy (non-hydrogen) atoms. The number of likely N-dealkylation sites (N-methyl/N-ethyl adjacent to an activating group) is 1. The molecule has 1 amide bonds. The van der Waals surface area contributed by atoms with Gasteiger partial charge in [0.15, 0.2) is 16.7 Å². The molecule has 1 aromatic carbocycles. The summed E-state index contributed by atoms with van der Waals surface area (Å²) in [6, 6.07) is 8.59. The van der Waals surface area contributed by atoms with Crippen LogP contribution < -0.4 is 9.47 Å². The fourth-order valence-corrected chi connectivity index (χ4v) is 6.21. The Hall–Kier alpha value is -2.30. The zero-order chi connectivity index (χ0) is 23.1. The monoisotopic (exact) mass is 494 g/mol. The summed E-state index contributed by atoms with van der Waals surface area (Å²) in [5.74, 6) is 0.947. The van der Waals surface area contributed by atoms with Gasteiger partial charge in [-0.3, -0.25) is 9.69 Å². The van der Waals surface area contributed by atoms with Gasteiger partial charge in [-0.25, -0.2) is 0 Å². The zero-order valence-electron chi connectivity index (χ0n) is 18.2. The third-order valence-electron chi connectivity index (χ3n) is 4.64. The van der Waals surface area contributed by atoms with Crippen molar-refractivity contribution in [1.82, 2.24) is 4.90 Å². The van der Waals surface area contributed by atoms with E-state index in [1.165, 1.54) is 11.0 Å². The molecule has 0 unspecified atom stereocenters. The van der Waals surface area contributed by atoms with E-state index in [-0.39, 0.29) is 15.3 Å². The molecule has 2 heterocycles. The highest BCUT2D eigenvalue weighted by molar-refractivity contribution is 8.19. The Morgan fingerprint density at radius 1 is 1.16 bits per heavy atom. The van der Waals surface area contributed by atoms with E-state index in [1.807, 2.05) is 12.1 Å². The number of thioether (sulfide) groups is 1. The van der Waals surface area contributed by atoms with E-state index in [1.54, 1.807) is 37.6 Å². The van der Waals surface area contributed by atoms with Gasteiger partial charge in [0.25, 0.3) is 15.9 Å². The number of unbranched alkanes of at least 4 members (excludes halogenated alkanes) is 2. The van der Waals surface area contributed by atoms with Gasteiger partial charge in [0, 0.05) is 6.54 Å². The van der Waals surface area contributed by atoms with Crippen LogP contribution in [0.1, 0.15) is 38.7 Å². The summed E-state index contributed by atoms with van der Waals surface area (Å²) in [5.41, 5.74) is 0.755. The summed E-state index contributed by atoms with van der Waals surface area (Å²) < 4.78 is 40.5. The van der Waals surface area contributed by atoms with Crippen LogP contribution >= 0.6 is 23.1 Å². The van der Waals surface area contributed by atoms with Crippen molar-refractivity contribution in [3.63, 3.8) is 0 Å². The maximum Gasteiger partial charge on any atom is 0.294 e. The number of hydrogen-bond donors (Lipinski definition) is 0. The summed E-state index contributed by atoms with van der Waals surface area (Å²) >= 11 is 2.14. The van der Waals surface area contributed by atoms with Gasteiger partial charge in [-0.05, 0) is 60.3 Å². The average Bonchev–Trinajstić information content (AvgIpc) is 3.41. The Bertz CT molecular complexity index is 1110. The molecule has 1 aliphatic rings. The molecular weight excluding hydrogens is 468 g/mol. The predicted octanol–water partition coefficient (Wildman–Crippen LogP) is 5.01. The van der Waals surface area contributed by atoms with E-state index in [2.05, 4.69) is 11.3 Å². The molecular formula is C22H26N2O5S3. The Morgan fingerprint density at radius 3 is 2.62 bits per heavy atom. The SMILES string of the molecule is CCCCCOc1cc(/C=C2\SC(=NS(=O)(=O)c3cccs3)N(CC)C2=O)ccc1OC. The first kappa shape index (κ1) is 24.3. The second-order valence-electron chi connectivity index (χ2n) is 6.91. The molecule has 7 nitrogen and oxygen atoms in total. The lowest BCUT2D eigenvalue weighted by atomic mass is 10.2. The quantitative estimate of drug-likeness (QED) is 0.341. The molecule has 10 heteroatoms. The van der Waals surface area contributed by atoms with Crippen LogP contribution in [0.2, 0.25) is 0 Å². The topological polar surface area (TPSA) is 85.3 Å². The van der Waals surface area contributed by atoms with Crippen LogP contribution in [0, 0.1) is 0 Å². The molecule has 1 aromatic heterocycles. The third-order valence-corrected chi connectivity index (χ3v) is 8.40. The molecule has 0 bridgehead atoms. The lowest BCUT2D eigenvalue weighted by molar-refractivity contribution is -0.122. The molecule has 2 aromatic rings. The Morgan fingerprint density at radius 2 is 1.97 bits per heavy atom.